The number of amides is 1. The van der Waals surface area contributed by atoms with Crippen LogP contribution in [0.1, 0.15) is 20.7 Å². The molecule has 5 N–H and O–H groups in total. The predicted octanol–water partition coefficient (Wildman–Crippen LogP) is 3.32. The van der Waals surface area contributed by atoms with E-state index < -0.39 is 5.97 Å². The van der Waals surface area contributed by atoms with Crippen LogP contribution in [-0.4, -0.2) is 11.9 Å². The molecule has 0 aliphatic heterocycles. The summed E-state index contributed by atoms with van der Waals surface area (Å²) in [6.07, 6.45) is 0. The molecule has 1 amide bonds. The highest BCUT2D eigenvalue weighted by atomic mass is 16.5. The second-order valence-electron chi connectivity index (χ2n) is 5.62. The van der Waals surface area contributed by atoms with Crippen molar-refractivity contribution in [2.75, 3.05) is 16.8 Å². The van der Waals surface area contributed by atoms with E-state index >= 15 is 0 Å². The number of hydrogen-bond acceptors (Lipinski definition) is 5. The topological polar surface area (TPSA) is 107 Å². The zero-order valence-corrected chi connectivity index (χ0v) is 13.8. The van der Waals surface area contributed by atoms with Gasteiger partial charge in [-0.3, -0.25) is 4.79 Å². The van der Waals surface area contributed by atoms with E-state index in [0.29, 0.717) is 33.9 Å². The van der Waals surface area contributed by atoms with Crippen molar-refractivity contribution in [2.24, 2.45) is 0 Å². The zero-order chi connectivity index (χ0) is 18.5. The fraction of sp³-hybridized carbons (Fsp3) is 0. The summed E-state index contributed by atoms with van der Waals surface area (Å²) >= 11 is 0. The number of hydrogen-bond donors (Lipinski definition) is 3. The Balaban J connectivity index is 1.72. The van der Waals surface area contributed by atoms with Crippen LogP contribution < -0.4 is 21.5 Å². The van der Waals surface area contributed by atoms with Gasteiger partial charge >= 0.3 is 5.97 Å². The van der Waals surface area contributed by atoms with E-state index in [9.17, 15) is 9.59 Å². The van der Waals surface area contributed by atoms with Crippen LogP contribution in [0.3, 0.4) is 0 Å². The molecule has 0 radical (unpaired) electrons. The van der Waals surface area contributed by atoms with E-state index in [4.69, 9.17) is 16.2 Å². The molecule has 0 bridgehead atoms. The highest BCUT2D eigenvalue weighted by Crippen LogP contribution is 2.20. The number of esters is 1. The quantitative estimate of drug-likeness (QED) is 0.381. The van der Waals surface area contributed by atoms with Crippen LogP contribution in [0.5, 0.6) is 5.75 Å². The molecule has 0 atom stereocenters. The minimum absolute atomic E-state index is 0.308. The highest BCUT2D eigenvalue weighted by molar-refractivity contribution is 6.04. The van der Waals surface area contributed by atoms with Crippen LogP contribution in [0.15, 0.2) is 72.8 Å². The Bertz CT molecular complexity index is 895. The van der Waals surface area contributed by atoms with Crippen LogP contribution in [0.4, 0.5) is 17.1 Å². The summed E-state index contributed by atoms with van der Waals surface area (Å²) in [6.45, 7) is 0. The second-order valence-corrected chi connectivity index (χ2v) is 5.62. The van der Waals surface area contributed by atoms with Crippen LogP contribution in [0.2, 0.25) is 0 Å². The molecule has 0 saturated carbocycles. The number of rotatable bonds is 4. The van der Waals surface area contributed by atoms with Crippen LogP contribution >= 0.6 is 0 Å². The molecule has 0 aliphatic rings. The first kappa shape index (κ1) is 17.0. The zero-order valence-electron chi connectivity index (χ0n) is 13.8. The summed E-state index contributed by atoms with van der Waals surface area (Å²) in [5.74, 6) is -0.531. The summed E-state index contributed by atoms with van der Waals surface area (Å²) in [7, 11) is 0. The maximum absolute atomic E-state index is 12.3. The first-order valence-corrected chi connectivity index (χ1v) is 7.86. The molecule has 26 heavy (non-hydrogen) atoms. The molecule has 0 unspecified atom stereocenters. The molecular formula is C20H17N3O3. The lowest BCUT2D eigenvalue weighted by Gasteiger charge is -2.09. The van der Waals surface area contributed by atoms with Gasteiger partial charge in [0.25, 0.3) is 5.91 Å². The van der Waals surface area contributed by atoms with Gasteiger partial charge in [-0.2, -0.15) is 0 Å². The van der Waals surface area contributed by atoms with Gasteiger partial charge in [0.1, 0.15) is 5.75 Å². The summed E-state index contributed by atoms with van der Waals surface area (Å²) < 4.78 is 5.34. The Morgan fingerprint density at radius 3 is 2.08 bits per heavy atom. The Kier molecular flexibility index (Phi) is 4.85. The normalized spacial score (nSPS) is 10.2. The molecule has 0 aliphatic carbocycles. The summed E-state index contributed by atoms with van der Waals surface area (Å²) in [5, 5.41) is 2.74. The molecule has 0 heterocycles. The fourth-order valence-electron chi connectivity index (χ4n) is 2.35. The van der Waals surface area contributed by atoms with E-state index in [2.05, 4.69) is 5.32 Å². The number of nitrogens with one attached hydrogen (secondary N) is 1. The van der Waals surface area contributed by atoms with Crippen molar-refractivity contribution in [2.45, 2.75) is 0 Å². The number of benzene rings is 3. The lowest BCUT2D eigenvalue weighted by molar-refractivity contribution is 0.0735. The molecule has 6 heteroatoms. The van der Waals surface area contributed by atoms with Crippen molar-refractivity contribution in [3.8, 4) is 5.75 Å². The minimum atomic E-state index is -0.531. The average molecular weight is 347 g/mol. The molecule has 0 fully saturated rings. The van der Waals surface area contributed by atoms with Gasteiger partial charge in [-0.25, -0.2) is 4.79 Å². The lowest BCUT2D eigenvalue weighted by Crippen LogP contribution is -2.13. The maximum Gasteiger partial charge on any atom is 0.343 e. The molecule has 0 aromatic heterocycles. The van der Waals surface area contributed by atoms with Crippen LogP contribution in [0.25, 0.3) is 0 Å². The van der Waals surface area contributed by atoms with Gasteiger partial charge < -0.3 is 21.5 Å². The fourth-order valence-corrected chi connectivity index (χ4v) is 2.35. The third kappa shape index (κ3) is 4.18. The highest BCUT2D eigenvalue weighted by Gasteiger charge is 2.11. The predicted molar refractivity (Wildman–Crippen MR) is 101 cm³/mol. The van der Waals surface area contributed by atoms with E-state index in [0.717, 1.165) is 0 Å². The molecule has 3 rings (SSSR count). The van der Waals surface area contributed by atoms with Crippen LogP contribution in [0, 0.1) is 0 Å². The van der Waals surface area contributed by atoms with Crippen LogP contribution in [-0.2, 0) is 0 Å². The number of carbonyl (C=O) groups excluding carboxylic acids is 2. The van der Waals surface area contributed by atoms with Gasteiger partial charge in [0.2, 0.25) is 0 Å². The third-order valence-corrected chi connectivity index (χ3v) is 3.57. The summed E-state index contributed by atoms with van der Waals surface area (Å²) in [6, 6.07) is 19.7. The summed E-state index contributed by atoms with van der Waals surface area (Å²) in [4.78, 5) is 24.5. The first-order valence-electron chi connectivity index (χ1n) is 7.86. The standard InChI is InChI=1S/C20H17N3O3/c21-15-6-1-4-13(10-15)19(24)23-17-8-3-9-18(12-17)26-20(25)14-5-2-7-16(22)11-14/h1-12H,21-22H2,(H,23,24). The molecule has 3 aromatic rings. The molecule has 6 nitrogen and oxygen atoms in total. The van der Waals surface area contributed by atoms with Crippen molar-refractivity contribution in [1.82, 2.24) is 0 Å². The van der Waals surface area contributed by atoms with Gasteiger partial charge in [-0.05, 0) is 48.5 Å². The molecule has 130 valence electrons. The number of ether oxygens (including phenoxy) is 1. The van der Waals surface area contributed by atoms with E-state index in [-0.39, 0.29) is 5.91 Å². The Morgan fingerprint density at radius 2 is 1.38 bits per heavy atom. The number of anilines is 3. The average Bonchev–Trinajstić information content (AvgIpc) is 2.62. The summed E-state index contributed by atoms with van der Waals surface area (Å²) in [5.41, 5.74) is 13.6. The molecule has 3 aromatic carbocycles. The number of carbonyl (C=O) groups is 2. The molecule has 0 spiro atoms. The van der Waals surface area contributed by atoms with Gasteiger partial charge in [-0.1, -0.05) is 18.2 Å². The van der Waals surface area contributed by atoms with Crippen molar-refractivity contribution < 1.29 is 14.3 Å². The van der Waals surface area contributed by atoms with Gasteiger partial charge in [-0.15, -0.1) is 0 Å². The maximum atomic E-state index is 12.3. The number of nitrogen functional groups attached to an aromatic ring is 2. The second kappa shape index (κ2) is 7.40. The van der Waals surface area contributed by atoms with Crippen molar-refractivity contribution in [3.05, 3.63) is 83.9 Å². The van der Waals surface area contributed by atoms with E-state index in [1.165, 1.54) is 6.07 Å². The van der Waals surface area contributed by atoms with Crippen molar-refractivity contribution in [3.63, 3.8) is 0 Å². The lowest BCUT2D eigenvalue weighted by atomic mass is 10.2. The van der Waals surface area contributed by atoms with E-state index in [1.54, 1.807) is 66.7 Å². The van der Waals surface area contributed by atoms with Gasteiger partial charge in [0.15, 0.2) is 0 Å². The van der Waals surface area contributed by atoms with Crippen molar-refractivity contribution in [1.29, 1.82) is 0 Å². The van der Waals surface area contributed by atoms with Gasteiger partial charge in [0.05, 0.1) is 5.56 Å². The smallest absolute Gasteiger partial charge is 0.343 e. The monoisotopic (exact) mass is 347 g/mol. The van der Waals surface area contributed by atoms with Gasteiger partial charge in [0, 0.05) is 28.7 Å². The third-order valence-electron chi connectivity index (χ3n) is 3.57. The minimum Gasteiger partial charge on any atom is -0.423 e. The Morgan fingerprint density at radius 1 is 0.769 bits per heavy atom. The van der Waals surface area contributed by atoms with Crippen molar-refractivity contribution >= 4 is 28.9 Å². The Hall–Kier alpha value is -3.80. The molecular weight excluding hydrogens is 330 g/mol. The first-order chi connectivity index (χ1) is 12.5. The SMILES string of the molecule is Nc1cccc(C(=O)Nc2cccc(OC(=O)c3cccc(N)c3)c2)c1. The largest absolute Gasteiger partial charge is 0.423 e. The Labute approximate surface area is 150 Å². The van der Waals surface area contributed by atoms with E-state index in [1.807, 2.05) is 0 Å². The number of nitrogens with two attached hydrogens (primary N) is 2. The molecule has 0 saturated heterocycles.